The number of hydrogen-bond donors (Lipinski definition) is 1. The van der Waals surface area contributed by atoms with Gasteiger partial charge in [0, 0.05) is 24.0 Å². The van der Waals surface area contributed by atoms with Crippen molar-refractivity contribution in [2.75, 3.05) is 11.9 Å². The fraction of sp³-hybridized carbons (Fsp3) is 0.154. The Morgan fingerprint density at radius 1 is 1.35 bits per heavy atom. The zero-order valence-corrected chi connectivity index (χ0v) is 11.0. The number of aromatic nitrogens is 2. The molecule has 0 aliphatic rings. The van der Waals surface area contributed by atoms with Gasteiger partial charge in [-0.3, -0.25) is 4.57 Å². The SMILES string of the molecule is C=CCNc1nccn1-c1cc(Cl)cc(C(F)(F)F)c1. The van der Waals surface area contributed by atoms with E-state index in [0.29, 0.717) is 12.5 Å². The molecule has 3 nitrogen and oxygen atoms in total. The molecule has 0 aliphatic carbocycles. The van der Waals surface area contributed by atoms with E-state index in [1.807, 2.05) is 0 Å². The standard InChI is InChI=1S/C13H11ClF3N3/c1-2-3-18-12-19-4-5-20(12)11-7-9(13(15,16)17)6-10(14)8-11/h2,4-8H,1,3H2,(H,18,19). The van der Waals surface area contributed by atoms with Crippen LogP contribution in [0, 0.1) is 0 Å². The molecule has 2 rings (SSSR count). The van der Waals surface area contributed by atoms with Crippen molar-refractivity contribution < 1.29 is 13.2 Å². The minimum absolute atomic E-state index is 0.0122. The van der Waals surface area contributed by atoms with Gasteiger partial charge in [-0.15, -0.1) is 6.58 Å². The molecular weight excluding hydrogens is 291 g/mol. The molecule has 2 aromatic rings. The summed E-state index contributed by atoms with van der Waals surface area (Å²) in [5.41, 5.74) is -0.516. The van der Waals surface area contributed by atoms with Crippen LogP contribution >= 0.6 is 11.6 Å². The summed E-state index contributed by atoms with van der Waals surface area (Å²) in [6, 6.07) is 3.35. The molecule has 1 aromatic heterocycles. The number of hydrogen-bond acceptors (Lipinski definition) is 2. The minimum Gasteiger partial charge on any atom is -0.352 e. The Labute approximate surface area is 118 Å². The lowest BCUT2D eigenvalue weighted by Gasteiger charge is -2.12. The number of nitrogens with zero attached hydrogens (tertiary/aromatic N) is 2. The third-order valence-electron chi connectivity index (χ3n) is 2.53. The predicted molar refractivity (Wildman–Crippen MR) is 72.3 cm³/mol. The third-order valence-corrected chi connectivity index (χ3v) is 2.75. The molecule has 0 saturated carbocycles. The van der Waals surface area contributed by atoms with Crippen molar-refractivity contribution in [2.24, 2.45) is 0 Å². The highest BCUT2D eigenvalue weighted by Gasteiger charge is 2.31. The first kappa shape index (κ1) is 14.5. The summed E-state index contributed by atoms with van der Waals surface area (Å²) in [6.07, 6.45) is 0.212. The zero-order valence-electron chi connectivity index (χ0n) is 10.3. The Kier molecular flexibility index (Phi) is 4.04. The highest BCUT2D eigenvalue weighted by molar-refractivity contribution is 6.30. The molecule has 1 aromatic carbocycles. The summed E-state index contributed by atoms with van der Waals surface area (Å²) in [5, 5.41) is 2.94. The number of anilines is 1. The van der Waals surface area contributed by atoms with E-state index in [2.05, 4.69) is 16.9 Å². The van der Waals surface area contributed by atoms with Gasteiger partial charge in [-0.25, -0.2) is 4.98 Å². The van der Waals surface area contributed by atoms with E-state index in [1.165, 1.54) is 16.8 Å². The van der Waals surface area contributed by atoms with E-state index < -0.39 is 11.7 Å². The quantitative estimate of drug-likeness (QED) is 0.860. The second kappa shape index (κ2) is 5.58. The van der Waals surface area contributed by atoms with Crippen molar-refractivity contribution >= 4 is 17.5 Å². The minimum atomic E-state index is -4.45. The van der Waals surface area contributed by atoms with E-state index in [1.54, 1.807) is 12.3 Å². The Morgan fingerprint density at radius 2 is 2.10 bits per heavy atom. The van der Waals surface area contributed by atoms with Crippen molar-refractivity contribution in [1.82, 2.24) is 9.55 Å². The summed E-state index contributed by atoms with van der Waals surface area (Å²) in [7, 11) is 0. The number of halogens is 4. The molecule has 0 radical (unpaired) electrons. The molecule has 0 spiro atoms. The number of benzene rings is 1. The maximum Gasteiger partial charge on any atom is 0.416 e. The van der Waals surface area contributed by atoms with Crippen LogP contribution < -0.4 is 5.32 Å². The van der Waals surface area contributed by atoms with E-state index in [-0.39, 0.29) is 10.7 Å². The van der Waals surface area contributed by atoms with Crippen molar-refractivity contribution in [3.05, 3.63) is 53.8 Å². The highest BCUT2D eigenvalue weighted by atomic mass is 35.5. The fourth-order valence-corrected chi connectivity index (χ4v) is 1.91. The average molecular weight is 302 g/mol. The summed E-state index contributed by atoms with van der Waals surface area (Å²) in [5.74, 6) is 0.417. The molecule has 0 unspecified atom stereocenters. The predicted octanol–water partition coefficient (Wildman–Crippen LogP) is 4.14. The summed E-state index contributed by atoms with van der Waals surface area (Å²) in [6.45, 7) is 4.00. The normalized spacial score (nSPS) is 11.4. The number of nitrogens with one attached hydrogen (secondary N) is 1. The van der Waals surface area contributed by atoms with Gasteiger partial charge in [0.2, 0.25) is 5.95 Å². The molecule has 0 saturated heterocycles. The Bertz CT molecular complexity index is 620. The lowest BCUT2D eigenvalue weighted by Crippen LogP contribution is -2.08. The maximum atomic E-state index is 12.8. The Morgan fingerprint density at radius 3 is 2.75 bits per heavy atom. The molecule has 20 heavy (non-hydrogen) atoms. The van der Waals surface area contributed by atoms with Crippen LogP contribution in [0.5, 0.6) is 0 Å². The lowest BCUT2D eigenvalue weighted by atomic mass is 10.2. The van der Waals surface area contributed by atoms with Crippen LogP contribution in [0.3, 0.4) is 0 Å². The van der Waals surface area contributed by atoms with E-state index >= 15 is 0 Å². The van der Waals surface area contributed by atoms with Crippen molar-refractivity contribution in [3.63, 3.8) is 0 Å². The molecule has 106 valence electrons. The summed E-state index contributed by atoms with van der Waals surface area (Å²) < 4.78 is 39.8. The summed E-state index contributed by atoms with van der Waals surface area (Å²) >= 11 is 5.76. The molecule has 0 amide bonds. The number of imidazole rings is 1. The topological polar surface area (TPSA) is 29.9 Å². The molecule has 1 heterocycles. The third kappa shape index (κ3) is 3.14. The van der Waals surface area contributed by atoms with Crippen LogP contribution in [0.25, 0.3) is 5.69 Å². The molecule has 0 atom stereocenters. The van der Waals surface area contributed by atoms with Crippen LogP contribution in [0.1, 0.15) is 5.56 Å². The lowest BCUT2D eigenvalue weighted by molar-refractivity contribution is -0.137. The van der Waals surface area contributed by atoms with Gasteiger partial charge in [-0.2, -0.15) is 13.2 Å². The van der Waals surface area contributed by atoms with Crippen molar-refractivity contribution in [1.29, 1.82) is 0 Å². The monoisotopic (exact) mass is 301 g/mol. The van der Waals surface area contributed by atoms with Gasteiger partial charge < -0.3 is 5.32 Å². The van der Waals surface area contributed by atoms with Crippen LogP contribution in [0.2, 0.25) is 5.02 Å². The Hall–Kier alpha value is -1.95. The molecule has 0 bridgehead atoms. The van der Waals surface area contributed by atoms with Crippen molar-refractivity contribution in [3.8, 4) is 5.69 Å². The van der Waals surface area contributed by atoms with Crippen molar-refractivity contribution in [2.45, 2.75) is 6.18 Å². The maximum absolute atomic E-state index is 12.8. The molecule has 1 N–H and O–H groups in total. The molecular formula is C13H11ClF3N3. The van der Waals surface area contributed by atoms with E-state index in [0.717, 1.165) is 12.1 Å². The van der Waals surface area contributed by atoms with Crippen LogP contribution in [-0.2, 0) is 6.18 Å². The summed E-state index contributed by atoms with van der Waals surface area (Å²) in [4.78, 5) is 4.03. The smallest absolute Gasteiger partial charge is 0.352 e. The second-order valence-electron chi connectivity index (χ2n) is 3.99. The van der Waals surface area contributed by atoms with Gasteiger partial charge >= 0.3 is 6.18 Å². The number of alkyl halides is 3. The van der Waals surface area contributed by atoms with Gasteiger partial charge in [0.15, 0.2) is 0 Å². The first-order valence-corrected chi connectivity index (χ1v) is 6.06. The first-order valence-electron chi connectivity index (χ1n) is 5.68. The molecule has 7 heteroatoms. The molecule has 0 aliphatic heterocycles. The average Bonchev–Trinajstić information content (AvgIpc) is 2.82. The van der Waals surface area contributed by atoms with E-state index in [4.69, 9.17) is 11.6 Å². The van der Waals surface area contributed by atoms with Crippen LogP contribution in [0.15, 0.2) is 43.2 Å². The van der Waals surface area contributed by atoms with Crippen LogP contribution in [-0.4, -0.2) is 16.1 Å². The largest absolute Gasteiger partial charge is 0.416 e. The zero-order chi connectivity index (χ0) is 14.8. The van der Waals surface area contributed by atoms with Gasteiger partial charge in [0.05, 0.1) is 11.3 Å². The number of rotatable bonds is 4. The van der Waals surface area contributed by atoms with Gasteiger partial charge in [0.25, 0.3) is 0 Å². The highest BCUT2D eigenvalue weighted by Crippen LogP contribution is 2.33. The second-order valence-corrected chi connectivity index (χ2v) is 4.42. The first-order chi connectivity index (χ1) is 9.41. The van der Waals surface area contributed by atoms with E-state index in [9.17, 15) is 13.2 Å². The Balaban J connectivity index is 2.45. The van der Waals surface area contributed by atoms with Gasteiger partial charge in [-0.1, -0.05) is 17.7 Å². The van der Waals surface area contributed by atoms with Gasteiger partial charge in [-0.05, 0) is 18.2 Å². The van der Waals surface area contributed by atoms with Crippen LogP contribution in [0.4, 0.5) is 19.1 Å². The van der Waals surface area contributed by atoms with Gasteiger partial charge in [0.1, 0.15) is 0 Å². The fourth-order valence-electron chi connectivity index (χ4n) is 1.68. The molecule has 0 fully saturated rings.